The quantitative estimate of drug-likeness (QED) is 0.374. The van der Waals surface area contributed by atoms with Gasteiger partial charge in [0.15, 0.2) is 11.5 Å². The lowest BCUT2D eigenvalue weighted by atomic mass is 9.85. The second-order valence-electron chi connectivity index (χ2n) is 9.14. The van der Waals surface area contributed by atoms with Crippen molar-refractivity contribution in [2.75, 3.05) is 11.9 Å². The van der Waals surface area contributed by atoms with E-state index in [1.54, 1.807) is 32.0 Å². The average Bonchev–Trinajstić information content (AvgIpc) is 3.27. The molecule has 1 aliphatic rings. The Morgan fingerprint density at radius 3 is 2.62 bits per heavy atom. The largest absolute Gasteiger partial charge is 0.401 e. The van der Waals surface area contributed by atoms with Gasteiger partial charge in [-0.15, -0.1) is 0 Å². The summed E-state index contributed by atoms with van der Waals surface area (Å²) in [5.41, 5.74) is 0.0415. The predicted molar refractivity (Wildman–Crippen MR) is 123 cm³/mol. The van der Waals surface area contributed by atoms with Gasteiger partial charge in [-0.05, 0) is 26.0 Å². The summed E-state index contributed by atoms with van der Waals surface area (Å²) < 4.78 is 68.2. The molecule has 3 aromatic heterocycles. The molecule has 0 spiro atoms. The number of hydrogen-bond acceptors (Lipinski definition) is 6. The van der Waals surface area contributed by atoms with Crippen LogP contribution < -0.4 is 10.6 Å². The van der Waals surface area contributed by atoms with Crippen LogP contribution in [0.25, 0.3) is 22.6 Å². The fraction of sp³-hybridized carbons (Fsp3) is 0.292. The molecule has 1 aromatic carbocycles. The standard InChI is InChI=1S/C24H20F5N7O/c1-23(2)17-16(9-30-11-24(27,28)29)32-20(33-19(17)34-22(23)37)18-14-7-13(25)8-31-21(14)36(35-18)10-12-5-3-4-6-15(12)26/h3-8,30H,9-11H2,1-2H3,(H,32,33,34,37). The van der Waals surface area contributed by atoms with Crippen molar-refractivity contribution in [1.29, 1.82) is 0 Å². The third-order valence-electron chi connectivity index (χ3n) is 6.07. The summed E-state index contributed by atoms with van der Waals surface area (Å²) in [6.45, 7) is 1.62. The Morgan fingerprint density at radius 1 is 1.14 bits per heavy atom. The van der Waals surface area contributed by atoms with E-state index in [1.165, 1.54) is 16.8 Å². The highest BCUT2D eigenvalue weighted by Crippen LogP contribution is 2.39. The van der Waals surface area contributed by atoms with Crippen LogP contribution in [-0.4, -0.2) is 43.4 Å². The molecule has 0 aliphatic carbocycles. The Morgan fingerprint density at radius 2 is 1.89 bits per heavy atom. The summed E-state index contributed by atoms with van der Waals surface area (Å²) in [4.78, 5) is 25.5. The minimum atomic E-state index is -4.45. The van der Waals surface area contributed by atoms with Crippen LogP contribution in [0.1, 0.15) is 30.7 Å². The molecule has 0 bridgehead atoms. The lowest BCUT2D eigenvalue weighted by Crippen LogP contribution is -2.31. The average molecular weight is 517 g/mol. The zero-order valence-electron chi connectivity index (χ0n) is 19.6. The van der Waals surface area contributed by atoms with Gasteiger partial charge < -0.3 is 10.6 Å². The van der Waals surface area contributed by atoms with E-state index < -0.39 is 35.7 Å². The first-order chi connectivity index (χ1) is 17.4. The van der Waals surface area contributed by atoms with Gasteiger partial charge in [-0.1, -0.05) is 18.2 Å². The van der Waals surface area contributed by atoms with Crippen LogP contribution in [0.15, 0.2) is 36.5 Å². The van der Waals surface area contributed by atoms with Crippen molar-refractivity contribution in [2.24, 2.45) is 0 Å². The molecule has 0 saturated carbocycles. The molecule has 0 saturated heterocycles. The number of benzene rings is 1. The predicted octanol–water partition coefficient (Wildman–Crippen LogP) is 4.10. The third kappa shape index (κ3) is 4.61. The highest BCUT2D eigenvalue weighted by atomic mass is 19.4. The molecule has 4 aromatic rings. The van der Waals surface area contributed by atoms with Crippen LogP contribution in [0, 0.1) is 11.6 Å². The van der Waals surface area contributed by atoms with Crippen molar-refractivity contribution < 1.29 is 26.7 Å². The minimum Gasteiger partial charge on any atom is -0.310 e. The first-order valence-electron chi connectivity index (χ1n) is 11.2. The maximum Gasteiger partial charge on any atom is 0.401 e. The summed E-state index contributed by atoms with van der Waals surface area (Å²) >= 11 is 0. The second-order valence-corrected chi connectivity index (χ2v) is 9.14. The fourth-order valence-electron chi connectivity index (χ4n) is 4.29. The number of fused-ring (bicyclic) bond motifs is 2. The molecule has 0 unspecified atom stereocenters. The van der Waals surface area contributed by atoms with Crippen molar-refractivity contribution in [3.8, 4) is 11.5 Å². The molecule has 0 atom stereocenters. The lowest BCUT2D eigenvalue weighted by molar-refractivity contribution is -0.125. The Labute approximate surface area is 206 Å². The summed E-state index contributed by atoms with van der Waals surface area (Å²) in [6, 6.07) is 7.24. The zero-order chi connectivity index (χ0) is 26.5. The smallest absolute Gasteiger partial charge is 0.310 e. The lowest BCUT2D eigenvalue weighted by Gasteiger charge is -2.19. The molecule has 5 rings (SSSR count). The number of amides is 1. The molecule has 2 N–H and O–H groups in total. The molecule has 0 fully saturated rings. The highest BCUT2D eigenvalue weighted by Gasteiger charge is 2.42. The van der Waals surface area contributed by atoms with Crippen LogP contribution in [0.3, 0.4) is 0 Å². The van der Waals surface area contributed by atoms with Gasteiger partial charge in [0, 0.05) is 17.7 Å². The number of anilines is 1. The molecule has 0 radical (unpaired) electrons. The van der Waals surface area contributed by atoms with E-state index in [2.05, 4.69) is 30.7 Å². The third-order valence-corrected chi connectivity index (χ3v) is 6.07. The molecular formula is C24H20F5N7O. The fourth-order valence-corrected chi connectivity index (χ4v) is 4.29. The zero-order valence-corrected chi connectivity index (χ0v) is 19.6. The minimum absolute atomic E-state index is 0.0312. The van der Waals surface area contributed by atoms with E-state index in [4.69, 9.17) is 0 Å². The van der Waals surface area contributed by atoms with Gasteiger partial charge in [0.2, 0.25) is 5.91 Å². The normalized spacial score (nSPS) is 14.7. The highest BCUT2D eigenvalue weighted by molar-refractivity contribution is 6.05. The number of halogens is 5. The number of nitrogens with zero attached hydrogens (tertiary/aromatic N) is 5. The van der Waals surface area contributed by atoms with Gasteiger partial charge in [0.05, 0.1) is 35.8 Å². The maximum atomic E-state index is 14.3. The Kier molecular flexibility index (Phi) is 5.89. The first kappa shape index (κ1) is 24.7. The number of hydrogen-bond donors (Lipinski definition) is 2. The van der Waals surface area contributed by atoms with Crippen LogP contribution >= 0.6 is 0 Å². The Balaban J connectivity index is 1.64. The van der Waals surface area contributed by atoms with E-state index in [0.717, 1.165) is 6.20 Å². The van der Waals surface area contributed by atoms with Crippen LogP contribution in [0.4, 0.5) is 27.8 Å². The van der Waals surface area contributed by atoms with Crippen molar-refractivity contribution in [2.45, 2.75) is 38.5 Å². The number of aromatic nitrogens is 5. The summed E-state index contributed by atoms with van der Waals surface area (Å²) in [6.07, 6.45) is -3.46. The topological polar surface area (TPSA) is 97.6 Å². The van der Waals surface area contributed by atoms with Crippen molar-refractivity contribution in [3.63, 3.8) is 0 Å². The molecule has 37 heavy (non-hydrogen) atoms. The van der Waals surface area contributed by atoms with Crippen LogP contribution in [0.2, 0.25) is 0 Å². The van der Waals surface area contributed by atoms with Crippen LogP contribution in [0.5, 0.6) is 0 Å². The molecule has 4 heterocycles. The number of rotatable bonds is 6. The van der Waals surface area contributed by atoms with Gasteiger partial charge in [-0.25, -0.2) is 28.4 Å². The number of nitrogens with one attached hydrogen (secondary N) is 2. The molecule has 1 amide bonds. The van der Waals surface area contributed by atoms with E-state index in [1.807, 2.05) is 0 Å². The van der Waals surface area contributed by atoms with Gasteiger partial charge in [-0.3, -0.25) is 4.79 Å². The molecule has 8 nitrogen and oxygen atoms in total. The van der Waals surface area contributed by atoms with Crippen molar-refractivity contribution in [1.82, 2.24) is 30.0 Å². The number of alkyl halides is 3. The maximum absolute atomic E-state index is 14.3. The first-order valence-corrected chi connectivity index (χ1v) is 11.2. The molecule has 13 heteroatoms. The molecule has 1 aliphatic heterocycles. The Bertz CT molecular complexity index is 1530. The second kappa shape index (κ2) is 8.83. The number of pyridine rings is 1. The number of carbonyl (C=O) groups excluding carboxylic acids is 1. The summed E-state index contributed by atoms with van der Waals surface area (Å²) in [7, 11) is 0. The van der Waals surface area contributed by atoms with Gasteiger partial charge in [-0.2, -0.15) is 18.3 Å². The molecule has 192 valence electrons. The van der Waals surface area contributed by atoms with E-state index in [-0.39, 0.29) is 47.2 Å². The van der Waals surface area contributed by atoms with E-state index >= 15 is 0 Å². The SMILES string of the molecule is CC1(C)C(=O)Nc2nc(-c3nn(Cc4ccccc4F)c4ncc(F)cc34)nc(CNCC(F)(F)F)c21. The summed E-state index contributed by atoms with van der Waals surface area (Å²) in [5.74, 6) is -1.45. The van der Waals surface area contributed by atoms with Crippen molar-refractivity contribution in [3.05, 3.63) is 65.0 Å². The van der Waals surface area contributed by atoms with Gasteiger partial charge in [0.25, 0.3) is 0 Å². The number of carbonyl (C=O) groups is 1. The Hall–Kier alpha value is -4.00. The van der Waals surface area contributed by atoms with Crippen LogP contribution in [-0.2, 0) is 23.3 Å². The van der Waals surface area contributed by atoms with Gasteiger partial charge >= 0.3 is 6.18 Å². The van der Waals surface area contributed by atoms with Crippen molar-refractivity contribution >= 4 is 22.8 Å². The van der Waals surface area contributed by atoms with E-state index in [0.29, 0.717) is 11.1 Å². The van der Waals surface area contributed by atoms with E-state index in [9.17, 15) is 26.7 Å². The summed E-state index contributed by atoms with van der Waals surface area (Å²) in [5, 5.41) is 9.62. The van der Waals surface area contributed by atoms with Gasteiger partial charge in [0.1, 0.15) is 23.1 Å². The monoisotopic (exact) mass is 517 g/mol. The molecular weight excluding hydrogens is 497 g/mol.